The molecule has 0 saturated heterocycles. The minimum Gasteiger partial charge on any atom is -0.488 e. The normalized spacial score (nSPS) is 16.2. The molecule has 0 radical (unpaired) electrons. The third kappa shape index (κ3) is 3.98. The highest BCUT2D eigenvalue weighted by atomic mass is 32.2. The number of alkyl halides is 3. The minimum atomic E-state index is -4.64. The molecule has 1 aromatic rings. The number of ether oxygens (including phenoxy) is 1. The molecule has 0 aromatic carbocycles. The van der Waals surface area contributed by atoms with Gasteiger partial charge in [0.2, 0.25) is 10.0 Å². The first-order chi connectivity index (χ1) is 8.65. The van der Waals surface area contributed by atoms with E-state index in [2.05, 4.69) is 4.98 Å². The Kier molecular flexibility index (Phi) is 3.33. The average molecular weight is 296 g/mol. The van der Waals surface area contributed by atoms with Crippen molar-refractivity contribution in [2.75, 3.05) is 11.0 Å². The zero-order chi connectivity index (χ0) is 14.3. The SMILES string of the molecule is CS(=O)(=O)Nc1cc(C(F)(F)F)c(OC2CC2)cn1. The Morgan fingerprint density at radius 1 is 1.42 bits per heavy atom. The van der Waals surface area contributed by atoms with E-state index in [9.17, 15) is 21.6 Å². The Labute approximate surface area is 107 Å². The summed E-state index contributed by atoms with van der Waals surface area (Å²) in [5.74, 6) is -0.771. The van der Waals surface area contributed by atoms with Gasteiger partial charge in [0.15, 0.2) is 0 Å². The van der Waals surface area contributed by atoms with Crippen LogP contribution in [0.15, 0.2) is 12.3 Å². The van der Waals surface area contributed by atoms with Gasteiger partial charge < -0.3 is 4.74 Å². The molecule has 2 rings (SSSR count). The zero-order valence-corrected chi connectivity index (χ0v) is 10.7. The van der Waals surface area contributed by atoms with E-state index in [0.29, 0.717) is 18.9 Å². The molecule has 1 fully saturated rings. The van der Waals surface area contributed by atoms with Crippen molar-refractivity contribution in [2.24, 2.45) is 0 Å². The molecular weight excluding hydrogens is 285 g/mol. The van der Waals surface area contributed by atoms with E-state index < -0.39 is 27.6 Å². The van der Waals surface area contributed by atoms with Crippen molar-refractivity contribution in [3.05, 3.63) is 17.8 Å². The van der Waals surface area contributed by atoms with Crippen molar-refractivity contribution in [3.8, 4) is 5.75 Å². The van der Waals surface area contributed by atoms with E-state index in [1.165, 1.54) is 0 Å². The monoisotopic (exact) mass is 296 g/mol. The molecule has 1 aliphatic carbocycles. The van der Waals surface area contributed by atoms with Crippen LogP contribution in [0.3, 0.4) is 0 Å². The van der Waals surface area contributed by atoms with Crippen LogP contribution in [0.25, 0.3) is 0 Å². The maximum absolute atomic E-state index is 12.8. The summed E-state index contributed by atoms with van der Waals surface area (Å²) in [6.45, 7) is 0. The van der Waals surface area contributed by atoms with Gasteiger partial charge in [0, 0.05) is 0 Å². The summed E-state index contributed by atoms with van der Waals surface area (Å²) in [5, 5.41) is 0. The number of rotatable bonds is 4. The molecule has 1 aromatic heterocycles. The molecule has 0 spiro atoms. The van der Waals surface area contributed by atoms with Crippen LogP contribution in [-0.4, -0.2) is 25.8 Å². The van der Waals surface area contributed by atoms with Gasteiger partial charge in [0.1, 0.15) is 17.1 Å². The van der Waals surface area contributed by atoms with Crippen molar-refractivity contribution in [1.29, 1.82) is 0 Å². The first-order valence-corrected chi connectivity index (χ1v) is 7.26. The second kappa shape index (κ2) is 4.55. The van der Waals surface area contributed by atoms with E-state index in [1.54, 1.807) is 0 Å². The van der Waals surface area contributed by atoms with Crippen LogP contribution < -0.4 is 9.46 Å². The number of nitrogens with one attached hydrogen (secondary N) is 1. The fourth-order valence-corrected chi connectivity index (χ4v) is 1.86. The maximum Gasteiger partial charge on any atom is 0.420 e. The van der Waals surface area contributed by atoms with Crippen LogP contribution in [0, 0.1) is 0 Å². The Morgan fingerprint density at radius 2 is 2.05 bits per heavy atom. The molecule has 9 heteroatoms. The van der Waals surface area contributed by atoms with Crippen LogP contribution in [0.2, 0.25) is 0 Å². The highest BCUT2D eigenvalue weighted by Gasteiger charge is 2.37. The van der Waals surface area contributed by atoms with E-state index in [-0.39, 0.29) is 11.9 Å². The van der Waals surface area contributed by atoms with Crippen molar-refractivity contribution in [1.82, 2.24) is 4.98 Å². The fraction of sp³-hybridized carbons (Fsp3) is 0.500. The Balaban J connectivity index is 2.35. The largest absolute Gasteiger partial charge is 0.488 e. The van der Waals surface area contributed by atoms with Gasteiger partial charge in [-0.15, -0.1) is 0 Å². The molecule has 0 bridgehead atoms. The third-order valence-corrected chi connectivity index (χ3v) is 2.86. The lowest BCUT2D eigenvalue weighted by atomic mass is 10.2. The molecule has 1 N–H and O–H groups in total. The summed E-state index contributed by atoms with van der Waals surface area (Å²) >= 11 is 0. The lowest BCUT2D eigenvalue weighted by Gasteiger charge is -2.14. The molecule has 19 heavy (non-hydrogen) atoms. The summed E-state index contributed by atoms with van der Waals surface area (Å²) < 4.78 is 67.5. The molecule has 0 amide bonds. The number of aromatic nitrogens is 1. The van der Waals surface area contributed by atoms with Gasteiger partial charge in [0.05, 0.1) is 18.6 Å². The maximum atomic E-state index is 12.8. The van der Waals surface area contributed by atoms with Gasteiger partial charge in [-0.1, -0.05) is 0 Å². The average Bonchev–Trinajstić information content (AvgIpc) is 3.00. The van der Waals surface area contributed by atoms with Crippen LogP contribution >= 0.6 is 0 Å². The first-order valence-electron chi connectivity index (χ1n) is 5.37. The Morgan fingerprint density at radius 3 is 2.53 bits per heavy atom. The second-order valence-electron chi connectivity index (χ2n) is 4.25. The molecule has 1 saturated carbocycles. The molecular formula is C10H11F3N2O3S. The summed E-state index contributed by atoms with van der Waals surface area (Å²) in [6.07, 6.45) is -1.72. The zero-order valence-electron chi connectivity index (χ0n) is 9.86. The van der Waals surface area contributed by atoms with E-state index in [0.717, 1.165) is 12.5 Å². The van der Waals surface area contributed by atoms with Gasteiger partial charge in [-0.3, -0.25) is 4.72 Å². The van der Waals surface area contributed by atoms with E-state index in [4.69, 9.17) is 4.74 Å². The number of pyridine rings is 1. The van der Waals surface area contributed by atoms with Gasteiger partial charge in [-0.05, 0) is 18.9 Å². The predicted molar refractivity (Wildman–Crippen MR) is 61.4 cm³/mol. The minimum absolute atomic E-state index is 0.211. The Hall–Kier alpha value is -1.51. The summed E-state index contributed by atoms with van der Waals surface area (Å²) in [7, 11) is -3.68. The lowest BCUT2D eigenvalue weighted by Crippen LogP contribution is -2.14. The Bertz CT molecular complexity index is 582. The van der Waals surface area contributed by atoms with Crippen LogP contribution in [-0.2, 0) is 16.2 Å². The number of hydrogen-bond acceptors (Lipinski definition) is 4. The number of nitrogens with zero attached hydrogens (tertiary/aromatic N) is 1. The van der Waals surface area contributed by atoms with Crippen molar-refractivity contribution >= 4 is 15.8 Å². The summed E-state index contributed by atoms with van der Waals surface area (Å²) in [5.41, 5.74) is -1.04. The molecule has 106 valence electrons. The molecule has 5 nitrogen and oxygen atoms in total. The highest BCUT2D eigenvalue weighted by molar-refractivity contribution is 7.92. The number of sulfonamides is 1. The smallest absolute Gasteiger partial charge is 0.420 e. The second-order valence-corrected chi connectivity index (χ2v) is 6.00. The lowest BCUT2D eigenvalue weighted by molar-refractivity contribution is -0.139. The van der Waals surface area contributed by atoms with Crippen LogP contribution in [0.1, 0.15) is 18.4 Å². The molecule has 0 aliphatic heterocycles. The van der Waals surface area contributed by atoms with Gasteiger partial charge in [-0.2, -0.15) is 13.2 Å². The van der Waals surface area contributed by atoms with E-state index in [1.807, 2.05) is 4.72 Å². The van der Waals surface area contributed by atoms with Crippen molar-refractivity contribution in [2.45, 2.75) is 25.1 Å². The molecule has 0 atom stereocenters. The molecule has 1 heterocycles. The van der Waals surface area contributed by atoms with Crippen LogP contribution in [0.4, 0.5) is 19.0 Å². The molecule has 0 unspecified atom stereocenters. The van der Waals surface area contributed by atoms with Gasteiger partial charge in [0.25, 0.3) is 0 Å². The van der Waals surface area contributed by atoms with Crippen molar-refractivity contribution in [3.63, 3.8) is 0 Å². The summed E-state index contributed by atoms with van der Waals surface area (Å²) in [6, 6.07) is 0.624. The fourth-order valence-electron chi connectivity index (χ4n) is 1.37. The standard InChI is InChI=1S/C10H11F3N2O3S/c1-19(16,17)15-9-4-7(10(11,12)13)8(5-14-9)18-6-2-3-6/h4-6H,2-3H2,1H3,(H,14,15). The van der Waals surface area contributed by atoms with Gasteiger partial charge >= 0.3 is 6.18 Å². The predicted octanol–water partition coefficient (Wildman–Crippen LogP) is 2.01. The first kappa shape index (κ1) is 13.9. The van der Waals surface area contributed by atoms with Gasteiger partial charge in [-0.25, -0.2) is 13.4 Å². The number of hydrogen-bond donors (Lipinski definition) is 1. The third-order valence-electron chi connectivity index (χ3n) is 2.28. The highest BCUT2D eigenvalue weighted by Crippen LogP contribution is 2.39. The number of halogens is 3. The van der Waals surface area contributed by atoms with Crippen LogP contribution in [0.5, 0.6) is 5.75 Å². The molecule has 1 aliphatic rings. The topological polar surface area (TPSA) is 68.3 Å². The van der Waals surface area contributed by atoms with E-state index >= 15 is 0 Å². The number of anilines is 1. The summed E-state index contributed by atoms with van der Waals surface area (Å²) in [4.78, 5) is 3.60. The quantitative estimate of drug-likeness (QED) is 0.923. The van der Waals surface area contributed by atoms with Crippen molar-refractivity contribution < 1.29 is 26.3 Å².